The Morgan fingerprint density at radius 2 is 2.36 bits per heavy atom. The molecule has 0 aliphatic heterocycles. The third-order valence-electron chi connectivity index (χ3n) is 2.19. The van der Waals surface area contributed by atoms with Gasteiger partial charge in [-0.25, -0.2) is 4.39 Å². The van der Waals surface area contributed by atoms with Crippen molar-refractivity contribution < 1.29 is 14.3 Å². The number of aliphatic hydroxyl groups is 1. The van der Waals surface area contributed by atoms with E-state index in [1.165, 1.54) is 19.2 Å². The number of Topliss-reactive ketones (excluding diaryl/α,β-unsaturated/α-hetero) is 1. The van der Waals surface area contributed by atoms with Gasteiger partial charge in [0.05, 0.1) is 11.8 Å². The van der Waals surface area contributed by atoms with Gasteiger partial charge in [0, 0.05) is 6.20 Å². The standard InChI is InChI=1S/C10H12FNO2/c1-3-10(2,14)9(13)7-4-5-12-6-8(7)11/h4-6,14H,3H2,1-2H3. The summed E-state index contributed by atoms with van der Waals surface area (Å²) in [4.78, 5) is 15.1. The van der Waals surface area contributed by atoms with Crippen LogP contribution in [-0.4, -0.2) is 21.5 Å². The van der Waals surface area contributed by atoms with E-state index in [4.69, 9.17) is 0 Å². The minimum Gasteiger partial charge on any atom is -0.382 e. The first-order valence-corrected chi connectivity index (χ1v) is 4.35. The van der Waals surface area contributed by atoms with Crippen molar-refractivity contribution >= 4 is 5.78 Å². The molecule has 1 heterocycles. The van der Waals surface area contributed by atoms with Gasteiger partial charge in [-0.05, 0) is 19.4 Å². The van der Waals surface area contributed by atoms with Gasteiger partial charge in [-0.3, -0.25) is 9.78 Å². The summed E-state index contributed by atoms with van der Waals surface area (Å²) >= 11 is 0. The zero-order chi connectivity index (χ0) is 10.8. The molecule has 1 aromatic rings. The van der Waals surface area contributed by atoms with Crippen LogP contribution in [-0.2, 0) is 0 Å². The number of pyridine rings is 1. The van der Waals surface area contributed by atoms with E-state index in [-0.39, 0.29) is 12.0 Å². The highest BCUT2D eigenvalue weighted by atomic mass is 19.1. The minimum absolute atomic E-state index is 0.119. The van der Waals surface area contributed by atoms with Crippen LogP contribution in [0, 0.1) is 5.82 Å². The Bertz CT molecular complexity index is 350. The molecule has 0 aliphatic carbocycles. The fourth-order valence-corrected chi connectivity index (χ4v) is 1.01. The van der Waals surface area contributed by atoms with Crippen LogP contribution in [0.3, 0.4) is 0 Å². The van der Waals surface area contributed by atoms with Crippen molar-refractivity contribution in [2.24, 2.45) is 0 Å². The summed E-state index contributed by atoms with van der Waals surface area (Å²) in [5, 5.41) is 9.63. The second-order valence-corrected chi connectivity index (χ2v) is 3.31. The molecule has 0 amide bonds. The summed E-state index contributed by atoms with van der Waals surface area (Å²) in [5.41, 5.74) is -1.63. The van der Waals surface area contributed by atoms with E-state index < -0.39 is 17.2 Å². The molecule has 0 spiro atoms. The van der Waals surface area contributed by atoms with Crippen molar-refractivity contribution in [3.8, 4) is 0 Å². The van der Waals surface area contributed by atoms with Crippen molar-refractivity contribution in [2.75, 3.05) is 0 Å². The summed E-state index contributed by atoms with van der Waals surface area (Å²) < 4.78 is 13.1. The highest BCUT2D eigenvalue weighted by Gasteiger charge is 2.30. The lowest BCUT2D eigenvalue weighted by molar-refractivity contribution is 0.0386. The highest BCUT2D eigenvalue weighted by molar-refractivity contribution is 6.02. The van der Waals surface area contributed by atoms with Gasteiger partial charge in [0.1, 0.15) is 5.60 Å². The highest BCUT2D eigenvalue weighted by Crippen LogP contribution is 2.18. The first-order chi connectivity index (χ1) is 6.49. The van der Waals surface area contributed by atoms with Gasteiger partial charge in [-0.15, -0.1) is 0 Å². The number of halogens is 1. The first-order valence-electron chi connectivity index (χ1n) is 4.35. The Morgan fingerprint density at radius 3 is 2.86 bits per heavy atom. The molecule has 0 aromatic carbocycles. The van der Waals surface area contributed by atoms with Crippen molar-refractivity contribution in [3.05, 3.63) is 29.8 Å². The van der Waals surface area contributed by atoms with E-state index in [1.807, 2.05) is 0 Å². The summed E-state index contributed by atoms with van der Waals surface area (Å²) in [5.74, 6) is -1.31. The molecular weight excluding hydrogens is 185 g/mol. The fraction of sp³-hybridized carbons (Fsp3) is 0.400. The van der Waals surface area contributed by atoms with Gasteiger partial charge in [0.15, 0.2) is 11.6 Å². The second kappa shape index (κ2) is 3.84. The molecule has 3 nitrogen and oxygen atoms in total. The number of hydrogen-bond donors (Lipinski definition) is 1. The van der Waals surface area contributed by atoms with Gasteiger partial charge in [-0.2, -0.15) is 0 Å². The maximum atomic E-state index is 13.1. The number of hydrogen-bond acceptors (Lipinski definition) is 3. The molecule has 1 N–H and O–H groups in total. The predicted octanol–water partition coefficient (Wildman–Crippen LogP) is 1.56. The summed E-state index contributed by atoms with van der Waals surface area (Å²) in [6, 6.07) is 1.27. The van der Waals surface area contributed by atoms with Crippen LogP contribution in [0.25, 0.3) is 0 Å². The topological polar surface area (TPSA) is 50.2 Å². The lowest BCUT2D eigenvalue weighted by atomic mass is 9.93. The van der Waals surface area contributed by atoms with Crippen molar-refractivity contribution in [1.29, 1.82) is 0 Å². The van der Waals surface area contributed by atoms with Crippen LogP contribution in [0.15, 0.2) is 18.5 Å². The number of nitrogens with zero attached hydrogens (tertiary/aromatic N) is 1. The zero-order valence-corrected chi connectivity index (χ0v) is 8.12. The molecular formula is C10H12FNO2. The van der Waals surface area contributed by atoms with E-state index in [0.717, 1.165) is 6.20 Å². The molecule has 76 valence electrons. The molecule has 0 aliphatic rings. The monoisotopic (exact) mass is 197 g/mol. The lowest BCUT2D eigenvalue weighted by Crippen LogP contribution is -2.34. The zero-order valence-electron chi connectivity index (χ0n) is 8.12. The molecule has 1 aromatic heterocycles. The van der Waals surface area contributed by atoms with Crippen LogP contribution < -0.4 is 0 Å². The van der Waals surface area contributed by atoms with Crippen LogP contribution in [0.5, 0.6) is 0 Å². The Hall–Kier alpha value is -1.29. The summed E-state index contributed by atoms with van der Waals surface area (Å²) in [7, 11) is 0. The molecule has 4 heteroatoms. The largest absolute Gasteiger partial charge is 0.382 e. The molecule has 14 heavy (non-hydrogen) atoms. The van der Waals surface area contributed by atoms with Crippen molar-refractivity contribution in [2.45, 2.75) is 25.9 Å². The van der Waals surface area contributed by atoms with E-state index in [1.54, 1.807) is 6.92 Å². The minimum atomic E-state index is -1.51. The molecule has 1 unspecified atom stereocenters. The SMILES string of the molecule is CCC(C)(O)C(=O)c1ccncc1F. The quantitative estimate of drug-likeness (QED) is 0.748. The second-order valence-electron chi connectivity index (χ2n) is 3.31. The maximum absolute atomic E-state index is 13.1. The number of carbonyl (C=O) groups excluding carboxylic acids is 1. The van der Waals surface area contributed by atoms with E-state index in [2.05, 4.69) is 4.98 Å². The Kier molecular flexibility index (Phi) is 2.96. The lowest BCUT2D eigenvalue weighted by Gasteiger charge is -2.19. The van der Waals surface area contributed by atoms with Gasteiger partial charge in [0.2, 0.25) is 0 Å². The molecule has 0 saturated carbocycles. The van der Waals surface area contributed by atoms with Gasteiger partial charge < -0.3 is 5.11 Å². The van der Waals surface area contributed by atoms with E-state index in [9.17, 15) is 14.3 Å². The number of rotatable bonds is 3. The molecule has 0 bridgehead atoms. The number of aromatic nitrogens is 1. The number of carbonyl (C=O) groups is 1. The molecule has 0 fully saturated rings. The van der Waals surface area contributed by atoms with Gasteiger partial charge in [-0.1, -0.05) is 6.92 Å². The molecule has 0 saturated heterocycles. The molecule has 1 rings (SSSR count). The van der Waals surface area contributed by atoms with E-state index >= 15 is 0 Å². The Labute approximate surface area is 81.6 Å². The third kappa shape index (κ3) is 1.96. The van der Waals surface area contributed by atoms with Crippen LogP contribution in [0.4, 0.5) is 4.39 Å². The molecule has 1 atom stereocenters. The van der Waals surface area contributed by atoms with Crippen LogP contribution in [0.2, 0.25) is 0 Å². The average molecular weight is 197 g/mol. The average Bonchev–Trinajstić information content (AvgIpc) is 2.17. The third-order valence-corrected chi connectivity index (χ3v) is 2.19. The summed E-state index contributed by atoms with van der Waals surface area (Å²) in [6.45, 7) is 3.03. The summed E-state index contributed by atoms with van der Waals surface area (Å²) in [6.07, 6.45) is 2.52. The van der Waals surface area contributed by atoms with Crippen LogP contribution in [0.1, 0.15) is 30.6 Å². The van der Waals surface area contributed by atoms with Crippen molar-refractivity contribution in [1.82, 2.24) is 4.98 Å². The van der Waals surface area contributed by atoms with Gasteiger partial charge in [0.25, 0.3) is 0 Å². The smallest absolute Gasteiger partial charge is 0.197 e. The fourth-order valence-electron chi connectivity index (χ4n) is 1.01. The Balaban J connectivity index is 3.07. The normalized spacial score (nSPS) is 14.9. The van der Waals surface area contributed by atoms with Crippen LogP contribution >= 0.6 is 0 Å². The van der Waals surface area contributed by atoms with Gasteiger partial charge >= 0.3 is 0 Å². The predicted molar refractivity (Wildman–Crippen MR) is 49.4 cm³/mol. The van der Waals surface area contributed by atoms with E-state index in [0.29, 0.717) is 0 Å². The van der Waals surface area contributed by atoms with Crippen molar-refractivity contribution in [3.63, 3.8) is 0 Å². The first kappa shape index (κ1) is 10.8. The number of ketones is 1. The Morgan fingerprint density at radius 1 is 1.71 bits per heavy atom. The molecule has 0 radical (unpaired) electrons. The maximum Gasteiger partial charge on any atom is 0.197 e.